The maximum atomic E-state index is 14.3. The van der Waals surface area contributed by atoms with Gasteiger partial charge in [0.25, 0.3) is 5.92 Å². The fourth-order valence-electron chi connectivity index (χ4n) is 3.82. The summed E-state index contributed by atoms with van der Waals surface area (Å²) in [6.07, 6.45) is -0.906. The first-order chi connectivity index (χ1) is 13.8. The van der Waals surface area contributed by atoms with E-state index in [0.717, 1.165) is 7.11 Å². The maximum absolute atomic E-state index is 14.3. The number of esters is 1. The molecule has 1 saturated carbocycles. The van der Waals surface area contributed by atoms with Gasteiger partial charge in [-0.05, 0) is 45.4 Å². The highest BCUT2D eigenvalue weighted by molar-refractivity contribution is 5.95. The molecule has 3 atom stereocenters. The molecular formula is C21H25F2NO6. The lowest BCUT2D eigenvalue weighted by Crippen LogP contribution is -2.26. The van der Waals surface area contributed by atoms with Gasteiger partial charge in [-0.25, -0.2) is 13.6 Å². The number of aliphatic hydroxyl groups is 1. The minimum atomic E-state index is -3.41. The Morgan fingerprint density at radius 3 is 2.43 bits per heavy atom. The van der Waals surface area contributed by atoms with Gasteiger partial charge < -0.3 is 19.3 Å². The number of aromatic nitrogens is 1. The molecule has 1 heterocycles. The van der Waals surface area contributed by atoms with E-state index in [1.807, 2.05) is 0 Å². The highest BCUT2D eigenvalue weighted by Crippen LogP contribution is 2.62. The molecule has 164 valence electrons. The molecule has 0 saturated heterocycles. The van der Waals surface area contributed by atoms with E-state index in [0.29, 0.717) is 16.5 Å². The number of ether oxygens (including phenoxy) is 3. The molecule has 1 aliphatic carbocycles. The van der Waals surface area contributed by atoms with Crippen LogP contribution in [0.4, 0.5) is 13.6 Å². The van der Waals surface area contributed by atoms with Gasteiger partial charge in [-0.3, -0.25) is 9.36 Å². The second-order valence-electron chi connectivity index (χ2n) is 8.38. The van der Waals surface area contributed by atoms with Gasteiger partial charge in [0.05, 0.1) is 31.8 Å². The van der Waals surface area contributed by atoms with Gasteiger partial charge in [-0.2, -0.15) is 0 Å². The first-order valence-electron chi connectivity index (χ1n) is 9.40. The average molecular weight is 425 g/mol. The fourth-order valence-corrected chi connectivity index (χ4v) is 3.82. The predicted molar refractivity (Wildman–Crippen MR) is 104 cm³/mol. The average Bonchev–Trinajstić information content (AvgIpc) is 2.99. The molecule has 1 aliphatic rings. The van der Waals surface area contributed by atoms with E-state index < -0.39 is 41.5 Å². The van der Waals surface area contributed by atoms with Crippen LogP contribution in [0.15, 0.2) is 18.3 Å². The highest BCUT2D eigenvalue weighted by Gasteiger charge is 2.75. The van der Waals surface area contributed by atoms with Crippen LogP contribution in [-0.4, -0.2) is 47.5 Å². The van der Waals surface area contributed by atoms with E-state index in [9.17, 15) is 23.5 Å². The van der Waals surface area contributed by atoms with Crippen LogP contribution in [0.2, 0.25) is 0 Å². The quantitative estimate of drug-likeness (QED) is 0.750. The molecule has 0 spiro atoms. The van der Waals surface area contributed by atoms with Crippen LogP contribution in [0, 0.1) is 18.8 Å². The summed E-state index contributed by atoms with van der Waals surface area (Å²) in [5, 5.41) is 11.2. The number of alkyl halides is 2. The third-order valence-electron chi connectivity index (χ3n) is 5.17. The van der Waals surface area contributed by atoms with Crippen molar-refractivity contribution in [2.75, 3.05) is 14.2 Å². The van der Waals surface area contributed by atoms with Crippen molar-refractivity contribution in [3.05, 3.63) is 29.5 Å². The first-order valence-corrected chi connectivity index (χ1v) is 9.40. The molecule has 30 heavy (non-hydrogen) atoms. The number of fused-ring (bicyclic) bond motifs is 1. The molecule has 0 aliphatic heterocycles. The van der Waals surface area contributed by atoms with Crippen LogP contribution >= 0.6 is 0 Å². The number of rotatable bonds is 4. The zero-order valence-corrected chi connectivity index (χ0v) is 17.7. The maximum Gasteiger partial charge on any atom is 0.419 e. The third kappa shape index (κ3) is 3.51. The lowest BCUT2D eigenvalue weighted by Gasteiger charge is -2.21. The topological polar surface area (TPSA) is 87.0 Å². The van der Waals surface area contributed by atoms with E-state index in [1.165, 1.54) is 23.9 Å². The highest BCUT2D eigenvalue weighted by atomic mass is 19.3. The van der Waals surface area contributed by atoms with Crippen molar-refractivity contribution >= 4 is 23.0 Å². The Morgan fingerprint density at radius 2 is 1.90 bits per heavy atom. The van der Waals surface area contributed by atoms with E-state index in [1.54, 1.807) is 33.8 Å². The second kappa shape index (κ2) is 7.23. The Morgan fingerprint density at radius 1 is 1.27 bits per heavy atom. The smallest absolute Gasteiger partial charge is 0.419 e. The summed E-state index contributed by atoms with van der Waals surface area (Å²) in [5.41, 5.74) is 0.370. The monoisotopic (exact) mass is 425 g/mol. The van der Waals surface area contributed by atoms with Gasteiger partial charge in [0.15, 0.2) is 0 Å². The third-order valence-corrected chi connectivity index (χ3v) is 5.17. The fraction of sp³-hybridized carbons (Fsp3) is 0.524. The molecule has 3 rings (SSSR count). The predicted octanol–water partition coefficient (Wildman–Crippen LogP) is 3.83. The molecule has 1 aromatic heterocycles. The van der Waals surface area contributed by atoms with E-state index in [-0.39, 0.29) is 11.3 Å². The normalized spacial score (nSPS) is 21.2. The summed E-state index contributed by atoms with van der Waals surface area (Å²) in [7, 11) is 2.37. The SMILES string of the molecule is COC(=O)C1C(C(O)c2c(OC)cc(C)c3c2ccn3C(=O)OC(C)(C)C)C1(F)F. The van der Waals surface area contributed by atoms with Gasteiger partial charge >= 0.3 is 12.1 Å². The number of nitrogens with zero attached hydrogens (tertiary/aromatic N) is 1. The lowest BCUT2D eigenvalue weighted by atomic mass is 9.96. The van der Waals surface area contributed by atoms with Crippen LogP contribution in [0.25, 0.3) is 10.9 Å². The molecular weight excluding hydrogens is 400 g/mol. The second-order valence-corrected chi connectivity index (χ2v) is 8.38. The molecule has 1 fully saturated rings. The summed E-state index contributed by atoms with van der Waals surface area (Å²) in [4.78, 5) is 24.3. The summed E-state index contributed by atoms with van der Waals surface area (Å²) in [6, 6.07) is 3.08. The molecule has 1 N–H and O–H groups in total. The van der Waals surface area contributed by atoms with Crippen LogP contribution in [0.5, 0.6) is 5.75 Å². The van der Waals surface area contributed by atoms with Gasteiger partial charge in [0.2, 0.25) is 0 Å². The molecule has 9 heteroatoms. The van der Waals surface area contributed by atoms with Gasteiger partial charge in [-0.1, -0.05) is 0 Å². The number of hydrogen-bond donors (Lipinski definition) is 1. The van der Waals surface area contributed by atoms with E-state index >= 15 is 0 Å². The Labute approximate surface area is 172 Å². The van der Waals surface area contributed by atoms with E-state index in [2.05, 4.69) is 4.74 Å². The number of halogens is 2. The first kappa shape index (κ1) is 22.0. The van der Waals surface area contributed by atoms with Crippen molar-refractivity contribution in [1.29, 1.82) is 0 Å². The molecule has 0 amide bonds. The van der Waals surface area contributed by atoms with Gasteiger partial charge in [-0.15, -0.1) is 0 Å². The minimum Gasteiger partial charge on any atom is -0.496 e. The Balaban J connectivity index is 2.12. The van der Waals surface area contributed by atoms with Crippen molar-refractivity contribution < 1.29 is 37.7 Å². The summed E-state index contributed by atoms with van der Waals surface area (Å²) >= 11 is 0. The number of methoxy groups -OCH3 is 2. The molecule has 1 aromatic carbocycles. The van der Waals surface area contributed by atoms with Gasteiger partial charge in [0, 0.05) is 17.1 Å². The number of hydrogen-bond acceptors (Lipinski definition) is 6. The number of carbonyl (C=O) groups excluding carboxylic acids is 2. The largest absolute Gasteiger partial charge is 0.496 e. The lowest BCUT2D eigenvalue weighted by molar-refractivity contribution is -0.144. The Hall–Kier alpha value is -2.68. The van der Waals surface area contributed by atoms with Crippen LogP contribution < -0.4 is 4.74 Å². The van der Waals surface area contributed by atoms with Crippen molar-refractivity contribution in [3.8, 4) is 5.75 Å². The van der Waals surface area contributed by atoms with Crippen LogP contribution in [0.3, 0.4) is 0 Å². The minimum absolute atomic E-state index is 0.0801. The summed E-state index contributed by atoms with van der Waals surface area (Å²) in [6.45, 7) is 6.90. The van der Waals surface area contributed by atoms with Crippen molar-refractivity contribution in [2.45, 2.75) is 45.3 Å². The Bertz CT molecular complexity index is 1010. The zero-order valence-electron chi connectivity index (χ0n) is 17.7. The van der Waals surface area contributed by atoms with Crippen LogP contribution in [-0.2, 0) is 14.3 Å². The van der Waals surface area contributed by atoms with E-state index in [4.69, 9.17) is 9.47 Å². The van der Waals surface area contributed by atoms with Crippen molar-refractivity contribution in [2.24, 2.45) is 11.8 Å². The number of aliphatic hydroxyl groups excluding tert-OH is 1. The summed E-state index contributed by atoms with van der Waals surface area (Å²) < 4.78 is 45.0. The Kier molecular flexibility index (Phi) is 5.30. The molecule has 2 aromatic rings. The summed E-state index contributed by atoms with van der Waals surface area (Å²) in [5.74, 6) is -7.72. The number of carbonyl (C=O) groups is 2. The number of aryl methyl sites for hydroxylation is 1. The van der Waals surface area contributed by atoms with Crippen molar-refractivity contribution in [3.63, 3.8) is 0 Å². The van der Waals surface area contributed by atoms with Gasteiger partial charge in [0.1, 0.15) is 17.3 Å². The van der Waals surface area contributed by atoms with Crippen LogP contribution in [0.1, 0.15) is 38.0 Å². The molecule has 3 unspecified atom stereocenters. The zero-order chi connectivity index (χ0) is 22.6. The molecule has 7 nitrogen and oxygen atoms in total. The molecule has 0 radical (unpaired) electrons. The number of benzene rings is 1. The van der Waals surface area contributed by atoms with Crippen molar-refractivity contribution in [1.82, 2.24) is 4.57 Å². The molecule has 0 bridgehead atoms. The standard InChI is InChI=1S/C21H25F2NO6/c1-10-9-12(28-5)13(17(25)14-15(18(26)29-6)21(14,22)23)11-7-8-24(16(10)11)19(27)30-20(2,3)4/h7-9,14-15,17,25H,1-6H3.